The van der Waals surface area contributed by atoms with Crippen LogP contribution in [-0.4, -0.2) is 13.1 Å². The molecule has 0 aromatic heterocycles. The van der Waals surface area contributed by atoms with Crippen molar-refractivity contribution in [1.82, 2.24) is 0 Å². The summed E-state index contributed by atoms with van der Waals surface area (Å²) in [5.74, 6) is -0.278. The van der Waals surface area contributed by atoms with Crippen molar-refractivity contribution in [2.75, 3.05) is 7.11 Å². The van der Waals surface area contributed by atoms with Gasteiger partial charge in [-0.15, -0.1) is 0 Å². The Morgan fingerprint density at radius 3 is 2.87 bits per heavy atom. The maximum atomic E-state index is 11.3. The van der Waals surface area contributed by atoms with Crippen LogP contribution >= 0.6 is 11.6 Å². The molecule has 0 aliphatic heterocycles. The van der Waals surface area contributed by atoms with Crippen LogP contribution in [0, 0.1) is 6.92 Å². The molecule has 78 valence electrons. The van der Waals surface area contributed by atoms with Crippen molar-refractivity contribution in [2.45, 2.75) is 13.3 Å². The molecule has 2 rings (SSSR count). The molecule has 0 saturated carbocycles. The minimum atomic E-state index is -0.278. The van der Waals surface area contributed by atoms with Gasteiger partial charge < -0.3 is 4.74 Å². The van der Waals surface area contributed by atoms with Crippen LogP contribution in [0.3, 0.4) is 0 Å². The van der Waals surface area contributed by atoms with Gasteiger partial charge in [-0.05, 0) is 29.7 Å². The average Bonchev–Trinajstić information content (AvgIpc) is 2.67. The maximum absolute atomic E-state index is 11.3. The molecule has 1 aliphatic rings. The number of carbonyl (C=O) groups is 1. The first kappa shape index (κ1) is 10.2. The number of fused-ring (bicyclic) bond motifs is 1. The lowest BCUT2D eigenvalue weighted by molar-refractivity contribution is -0.136. The summed E-state index contributed by atoms with van der Waals surface area (Å²) in [5.41, 5.74) is 3.74. The standard InChI is InChI=1S/C12H11ClO2/c1-7-3-4-8-5-9(12(14)15-2)6-10(8)11(7)13/h3-4,6H,5H2,1-2H3. The predicted octanol–water partition coefficient (Wildman–Crippen LogP) is 2.76. The van der Waals surface area contributed by atoms with Gasteiger partial charge in [0.2, 0.25) is 0 Å². The number of benzene rings is 1. The van der Waals surface area contributed by atoms with E-state index in [1.165, 1.54) is 7.11 Å². The Kier molecular flexibility index (Phi) is 2.53. The third-order valence-corrected chi connectivity index (χ3v) is 3.11. The normalized spacial score (nSPS) is 13.4. The molecular weight excluding hydrogens is 212 g/mol. The summed E-state index contributed by atoms with van der Waals surface area (Å²) in [6, 6.07) is 3.97. The quantitative estimate of drug-likeness (QED) is 0.683. The van der Waals surface area contributed by atoms with Gasteiger partial charge in [0.1, 0.15) is 0 Å². The molecule has 0 bridgehead atoms. The lowest BCUT2D eigenvalue weighted by Crippen LogP contribution is -2.03. The molecule has 15 heavy (non-hydrogen) atoms. The zero-order chi connectivity index (χ0) is 11.0. The van der Waals surface area contributed by atoms with Crippen molar-refractivity contribution in [3.63, 3.8) is 0 Å². The predicted molar refractivity (Wildman–Crippen MR) is 59.9 cm³/mol. The van der Waals surface area contributed by atoms with Crippen LogP contribution in [-0.2, 0) is 16.0 Å². The van der Waals surface area contributed by atoms with Crippen LogP contribution in [0.15, 0.2) is 17.7 Å². The second-order valence-electron chi connectivity index (χ2n) is 3.61. The molecule has 1 aliphatic carbocycles. The molecule has 0 N–H and O–H groups in total. The van der Waals surface area contributed by atoms with E-state index in [1.807, 2.05) is 25.1 Å². The average molecular weight is 223 g/mol. The molecule has 0 amide bonds. The first-order chi connectivity index (χ1) is 7.13. The number of methoxy groups -OCH3 is 1. The van der Waals surface area contributed by atoms with Crippen LogP contribution in [0.25, 0.3) is 6.08 Å². The number of halogens is 1. The summed E-state index contributed by atoms with van der Waals surface area (Å²) < 4.78 is 4.69. The highest BCUT2D eigenvalue weighted by Gasteiger charge is 2.21. The summed E-state index contributed by atoms with van der Waals surface area (Å²) in [6.07, 6.45) is 2.43. The van der Waals surface area contributed by atoms with Gasteiger partial charge >= 0.3 is 5.97 Å². The summed E-state index contributed by atoms with van der Waals surface area (Å²) >= 11 is 6.16. The summed E-state index contributed by atoms with van der Waals surface area (Å²) in [5, 5.41) is 0.728. The van der Waals surface area contributed by atoms with E-state index in [4.69, 9.17) is 11.6 Å². The van der Waals surface area contributed by atoms with E-state index in [0.29, 0.717) is 12.0 Å². The first-order valence-electron chi connectivity index (χ1n) is 4.70. The van der Waals surface area contributed by atoms with Crippen molar-refractivity contribution in [3.8, 4) is 0 Å². The largest absolute Gasteiger partial charge is 0.466 e. The Morgan fingerprint density at radius 2 is 2.20 bits per heavy atom. The Labute approximate surface area is 93.5 Å². The molecule has 0 unspecified atom stereocenters. The zero-order valence-electron chi connectivity index (χ0n) is 8.63. The Morgan fingerprint density at radius 1 is 1.47 bits per heavy atom. The fraction of sp³-hybridized carbons (Fsp3) is 0.250. The lowest BCUT2D eigenvalue weighted by Gasteiger charge is -2.03. The minimum Gasteiger partial charge on any atom is -0.466 e. The van der Waals surface area contributed by atoms with Crippen LogP contribution in [0.5, 0.6) is 0 Å². The molecular formula is C12H11ClO2. The van der Waals surface area contributed by atoms with Crippen LogP contribution < -0.4 is 0 Å². The third kappa shape index (κ3) is 1.65. The summed E-state index contributed by atoms with van der Waals surface area (Å²) in [6.45, 7) is 1.95. The zero-order valence-corrected chi connectivity index (χ0v) is 9.39. The SMILES string of the molecule is COC(=O)C1=Cc2c(ccc(C)c2Cl)C1. The second kappa shape index (κ2) is 3.70. The molecule has 0 atom stereocenters. The molecule has 0 heterocycles. The molecule has 1 aromatic carbocycles. The molecule has 1 aromatic rings. The van der Waals surface area contributed by atoms with E-state index in [9.17, 15) is 4.79 Å². The smallest absolute Gasteiger partial charge is 0.334 e. The molecule has 3 heteroatoms. The fourth-order valence-electron chi connectivity index (χ4n) is 1.74. The van der Waals surface area contributed by atoms with Crippen LogP contribution in [0.4, 0.5) is 0 Å². The van der Waals surface area contributed by atoms with Gasteiger partial charge in [0.05, 0.1) is 12.1 Å². The van der Waals surface area contributed by atoms with E-state index in [-0.39, 0.29) is 5.97 Å². The monoisotopic (exact) mass is 222 g/mol. The minimum absolute atomic E-state index is 0.278. The number of esters is 1. The lowest BCUT2D eigenvalue weighted by atomic mass is 10.1. The highest BCUT2D eigenvalue weighted by molar-refractivity contribution is 6.33. The van der Waals surface area contributed by atoms with E-state index in [0.717, 1.165) is 21.7 Å². The van der Waals surface area contributed by atoms with Gasteiger partial charge in [0, 0.05) is 12.0 Å². The number of hydrogen-bond acceptors (Lipinski definition) is 2. The van der Waals surface area contributed by atoms with Crippen molar-refractivity contribution >= 4 is 23.6 Å². The van der Waals surface area contributed by atoms with E-state index < -0.39 is 0 Å². The van der Waals surface area contributed by atoms with E-state index >= 15 is 0 Å². The second-order valence-corrected chi connectivity index (χ2v) is 3.99. The van der Waals surface area contributed by atoms with Gasteiger partial charge in [0.15, 0.2) is 0 Å². The Balaban J connectivity index is 2.44. The third-order valence-electron chi connectivity index (χ3n) is 2.61. The molecule has 0 saturated heterocycles. The molecule has 0 fully saturated rings. The number of carbonyl (C=O) groups excluding carboxylic acids is 1. The first-order valence-corrected chi connectivity index (χ1v) is 5.08. The summed E-state index contributed by atoms with van der Waals surface area (Å²) in [4.78, 5) is 11.3. The van der Waals surface area contributed by atoms with Crippen LogP contribution in [0.1, 0.15) is 16.7 Å². The number of aryl methyl sites for hydroxylation is 1. The molecule has 0 radical (unpaired) electrons. The Bertz CT molecular complexity index is 461. The highest BCUT2D eigenvalue weighted by atomic mass is 35.5. The Hall–Kier alpha value is -1.28. The van der Waals surface area contributed by atoms with Crippen molar-refractivity contribution in [3.05, 3.63) is 39.4 Å². The van der Waals surface area contributed by atoms with Gasteiger partial charge in [0.25, 0.3) is 0 Å². The van der Waals surface area contributed by atoms with Crippen LogP contribution in [0.2, 0.25) is 5.02 Å². The van der Waals surface area contributed by atoms with E-state index in [1.54, 1.807) is 0 Å². The van der Waals surface area contributed by atoms with Crippen molar-refractivity contribution < 1.29 is 9.53 Å². The van der Waals surface area contributed by atoms with Crippen molar-refractivity contribution in [1.29, 1.82) is 0 Å². The number of hydrogen-bond donors (Lipinski definition) is 0. The number of rotatable bonds is 1. The molecule has 0 spiro atoms. The van der Waals surface area contributed by atoms with Gasteiger partial charge in [-0.25, -0.2) is 4.79 Å². The topological polar surface area (TPSA) is 26.3 Å². The van der Waals surface area contributed by atoms with Gasteiger partial charge in [-0.3, -0.25) is 0 Å². The van der Waals surface area contributed by atoms with E-state index in [2.05, 4.69) is 4.74 Å². The fourth-order valence-corrected chi connectivity index (χ4v) is 1.98. The molecule has 2 nitrogen and oxygen atoms in total. The van der Waals surface area contributed by atoms with Crippen molar-refractivity contribution in [2.24, 2.45) is 0 Å². The van der Waals surface area contributed by atoms with Gasteiger partial charge in [-0.1, -0.05) is 23.7 Å². The highest BCUT2D eigenvalue weighted by Crippen LogP contribution is 2.33. The summed E-state index contributed by atoms with van der Waals surface area (Å²) in [7, 11) is 1.39. The van der Waals surface area contributed by atoms with Gasteiger partial charge in [-0.2, -0.15) is 0 Å². The number of ether oxygens (including phenoxy) is 1. The maximum Gasteiger partial charge on any atom is 0.334 e.